The van der Waals surface area contributed by atoms with E-state index >= 15 is 0 Å². The van der Waals surface area contributed by atoms with Crippen LogP contribution in [0.3, 0.4) is 0 Å². The van der Waals surface area contributed by atoms with Crippen LogP contribution < -0.4 is 5.73 Å². The van der Waals surface area contributed by atoms with E-state index in [1.54, 1.807) is 0 Å². The van der Waals surface area contributed by atoms with Gasteiger partial charge < -0.3 is 15.9 Å². The standard InChI is InChI=1S/C5H9NO6/c6-2(5(10)12-11)1-3(7)4(8)9/h2-3,7,11H,1,6H2,(H,8,9)/t2-,3?/m1/s1. The van der Waals surface area contributed by atoms with Gasteiger partial charge in [-0.3, -0.25) is 4.89 Å². The molecule has 0 saturated heterocycles. The maximum Gasteiger partial charge on any atom is 0.358 e. The molecular weight excluding hydrogens is 170 g/mol. The van der Waals surface area contributed by atoms with Gasteiger partial charge in [0.1, 0.15) is 6.04 Å². The van der Waals surface area contributed by atoms with Gasteiger partial charge in [-0.25, -0.2) is 9.59 Å². The van der Waals surface area contributed by atoms with Crippen molar-refractivity contribution in [1.82, 2.24) is 0 Å². The minimum Gasteiger partial charge on any atom is -0.479 e. The van der Waals surface area contributed by atoms with E-state index in [0.717, 1.165) is 0 Å². The molecule has 0 aliphatic rings. The number of carbonyl (C=O) groups excluding carboxylic acids is 1. The second-order valence-electron chi connectivity index (χ2n) is 2.11. The topological polar surface area (TPSA) is 130 Å². The molecule has 0 heterocycles. The summed E-state index contributed by atoms with van der Waals surface area (Å²) in [5.41, 5.74) is 5.01. The van der Waals surface area contributed by atoms with E-state index in [0.29, 0.717) is 0 Å². The second-order valence-corrected chi connectivity index (χ2v) is 2.11. The van der Waals surface area contributed by atoms with Crippen LogP contribution in [0.5, 0.6) is 0 Å². The first-order valence-corrected chi connectivity index (χ1v) is 3.00. The van der Waals surface area contributed by atoms with Crippen LogP contribution in [-0.4, -0.2) is 39.6 Å². The fraction of sp³-hybridized carbons (Fsp3) is 0.600. The van der Waals surface area contributed by atoms with Gasteiger partial charge in [0.15, 0.2) is 6.10 Å². The molecule has 0 saturated carbocycles. The Morgan fingerprint density at radius 1 is 1.50 bits per heavy atom. The lowest BCUT2D eigenvalue weighted by Gasteiger charge is -2.09. The summed E-state index contributed by atoms with van der Waals surface area (Å²) in [4.78, 5) is 23.6. The molecule has 0 amide bonds. The molecular formula is C5H9NO6. The number of aliphatic hydroxyl groups is 1. The van der Waals surface area contributed by atoms with Crippen LogP contribution in [-0.2, 0) is 14.5 Å². The molecule has 12 heavy (non-hydrogen) atoms. The molecule has 0 spiro atoms. The Bertz CT molecular complexity index is 181. The molecule has 2 atom stereocenters. The zero-order valence-corrected chi connectivity index (χ0v) is 6.01. The Morgan fingerprint density at radius 2 is 2.00 bits per heavy atom. The Hall–Kier alpha value is -1.18. The molecule has 0 aromatic carbocycles. The van der Waals surface area contributed by atoms with E-state index < -0.39 is 30.5 Å². The Morgan fingerprint density at radius 3 is 2.33 bits per heavy atom. The molecule has 0 rings (SSSR count). The van der Waals surface area contributed by atoms with Crippen LogP contribution in [0.15, 0.2) is 0 Å². The van der Waals surface area contributed by atoms with Crippen molar-refractivity contribution in [1.29, 1.82) is 0 Å². The molecule has 0 aliphatic heterocycles. The lowest BCUT2D eigenvalue weighted by molar-refractivity contribution is -0.236. The number of aliphatic carboxylic acids is 1. The number of nitrogens with two attached hydrogens (primary N) is 1. The lowest BCUT2D eigenvalue weighted by atomic mass is 10.1. The second kappa shape index (κ2) is 4.65. The highest BCUT2D eigenvalue weighted by molar-refractivity contribution is 5.77. The first kappa shape index (κ1) is 10.8. The molecule has 0 aromatic rings. The Labute approximate surface area is 67.3 Å². The highest BCUT2D eigenvalue weighted by Crippen LogP contribution is 1.97. The summed E-state index contributed by atoms with van der Waals surface area (Å²) in [5, 5.41) is 24.6. The normalized spacial score (nSPS) is 14.9. The molecule has 7 heteroatoms. The van der Waals surface area contributed by atoms with Gasteiger partial charge in [0, 0.05) is 6.42 Å². The first-order valence-electron chi connectivity index (χ1n) is 3.00. The van der Waals surface area contributed by atoms with Gasteiger partial charge >= 0.3 is 11.9 Å². The van der Waals surface area contributed by atoms with Crippen molar-refractivity contribution in [2.75, 3.05) is 0 Å². The smallest absolute Gasteiger partial charge is 0.358 e. The Balaban J connectivity index is 3.91. The van der Waals surface area contributed by atoms with Crippen molar-refractivity contribution >= 4 is 11.9 Å². The van der Waals surface area contributed by atoms with Crippen molar-refractivity contribution in [2.45, 2.75) is 18.6 Å². The van der Waals surface area contributed by atoms with Crippen molar-refractivity contribution < 1.29 is 29.9 Å². The van der Waals surface area contributed by atoms with Gasteiger partial charge in [-0.2, -0.15) is 5.26 Å². The molecule has 0 radical (unpaired) electrons. The first-order chi connectivity index (χ1) is 5.49. The van der Waals surface area contributed by atoms with Crippen LogP contribution in [0.25, 0.3) is 0 Å². The van der Waals surface area contributed by atoms with Gasteiger partial charge in [-0.15, -0.1) is 0 Å². The third-order valence-electron chi connectivity index (χ3n) is 1.15. The minimum atomic E-state index is -1.74. The van der Waals surface area contributed by atoms with E-state index in [2.05, 4.69) is 4.89 Å². The molecule has 5 N–H and O–H groups in total. The Kier molecular flexibility index (Phi) is 4.19. The monoisotopic (exact) mass is 179 g/mol. The van der Waals surface area contributed by atoms with Crippen molar-refractivity contribution in [3.63, 3.8) is 0 Å². The maximum absolute atomic E-state index is 10.4. The fourth-order valence-corrected chi connectivity index (χ4v) is 0.505. The number of carboxylic acid groups (broad SMARTS) is 1. The van der Waals surface area contributed by atoms with Gasteiger partial charge in [0.2, 0.25) is 0 Å². The average molecular weight is 179 g/mol. The van der Waals surface area contributed by atoms with E-state index in [1.807, 2.05) is 0 Å². The van der Waals surface area contributed by atoms with Crippen molar-refractivity contribution in [3.8, 4) is 0 Å². The summed E-state index contributed by atoms with van der Waals surface area (Å²) in [7, 11) is 0. The molecule has 0 bridgehead atoms. The van der Waals surface area contributed by atoms with Crippen LogP contribution in [0.2, 0.25) is 0 Å². The molecule has 1 unspecified atom stereocenters. The fourth-order valence-electron chi connectivity index (χ4n) is 0.505. The van der Waals surface area contributed by atoms with E-state index in [9.17, 15) is 9.59 Å². The van der Waals surface area contributed by atoms with E-state index in [-0.39, 0.29) is 0 Å². The highest BCUT2D eigenvalue weighted by atomic mass is 17.1. The number of carbonyl (C=O) groups is 2. The van der Waals surface area contributed by atoms with Gasteiger partial charge in [-0.05, 0) is 0 Å². The molecule has 0 fully saturated rings. The number of aliphatic hydroxyl groups excluding tert-OH is 1. The average Bonchev–Trinajstić information content (AvgIpc) is 2.02. The van der Waals surface area contributed by atoms with Gasteiger partial charge in [-0.1, -0.05) is 0 Å². The van der Waals surface area contributed by atoms with Crippen LogP contribution in [0.1, 0.15) is 6.42 Å². The summed E-state index contributed by atoms with van der Waals surface area (Å²) in [6.45, 7) is 0. The van der Waals surface area contributed by atoms with Crippen molar-refractivity contribution in [3.05, 3.63) is 0 Å². The zero-order chi connectivity index (χ0) is 9.72. The highest BCUT2D eigenvalue weighted by Gasteiger charge is 2.23. The summed E-state index contributed by atoms with van der Waals surface area (Å²) in [6.07, 6.45) is -2.24. The third-order valence-corrected chi connectivity index (χ3v) is 1.15. The van der Waals surface area contributed by atoms with E-state index in [1.165, 1.54) is 0 Å². The van der Waals surface area contributed by atoms with Crippen LogP contribution in [0, 0.1) is 0 Å². The van der Waals surface area contributed by atoms with Crippen LogP contribution in [0.4, 0.5) is 0 Å². The summed E-state index contributed by atoms with van der Waals surface area (Å²) < 4.78 is 0. The summed E-state index contributed by atoms with van der Waals surface area (Å²) in [5.74, 6) is -2.67. The number of rotatable bonds is 4. The van der Waals surface area contributed by atoms with E-state index in [4.69, 9.17) is 21.2 Å². The molecule has 70 valence electrons. The summed E-state index contributed by atoms with van der Waals surface area (Å²) in [6, 6.07) is -1.35. The predicted molar refractivity (Wildman–Crippen MR) is 35.0 cm³/mol. The molecule has 0 aromatic heterocycles. The third kappa shape index (κ3) is 3.28. The molecule has 7 nitrogen and oxygen atoms in total. The number of hydrogen-bond acceptors (Lipinski definition) is 6. The van der Waals surface area contributed by atoms with Crippen LogP contribution >= 0.6 is 0 Å². The number of hydrogen-bond donors (Lipinski definition) is 4. The summed E-state index contributed by atoms with van der Waals surface area (Å²) >= 11 is 0. The zero-order valence-electron chi connectivity index (χ0n) is 6.01. The predicted octanol–water partition coefficient (Wildman–Crippen LogP) is -1.83. The SMILES string of the molecule is N[C@H](CC(O)C(=O)O)C(=O)OO. The number of carboxylic acids is 1. The quantitative estimate of drug-likeness (QED) is 0.295. The van der Waals surface area contributed by atoms with Crippen molar-refractivity contribution in [2.24, 2.45) is 5.73 Å². The minimum absolute atomic E-state index is 0.505. The van der Waals surface area contributed by atoms with Gasteiger partial charge in [0.25, 0.3) is 0 Å². The lowest BCUT2D eigenvalue weighted by Crippen LogP contribution is -2.37. The molecule has 0 aliphatic carbocycles. The largest absolute Gasteiger partial charge is 0.479 e. The van der Waals surface area contributed by atoms with Gasteiger partial charge in [0.05, 0.1) is 0 Å². The maximum atomic E-state index is 10.4.